The molecule has 4 rings (SSSR count). The van der Waals surface area contributed by atoms with Crippen LogP contribution in [0.5, 0.6) is 11.5 Å². The Labute approximate surface area is 207 Å². The molecule has 0 saturated heterocycles. The van der Waals surface area contributed by atoms with E-state index in [0.29, 0.717) is 21.7 Å². The molecule has 2 aliphatic rings. The predicted molar refractivity (Wildman–Crippen MR) is 138 cm³/mol. The number of aliphatic imine (C=N–C) groups is 1. The van der Waals surface area contributed by atoms with Crippen molar-refractivity contribution in [2.24, 2.45) is 10.1 Å². The minimum absolute atomic E-state index is 0.0314. The standard InChI is InChI=1S/C24H26ClN5O3S/c1-6-7-8-21-28-30-22(26)16(23(31)27-24(30)34-21)10-15-9-13(2)29(14(15)3)18-11-17(25)19(32-4)12-20(18)33-5/h9-12,26H,6-8H2,1-5H3/b16-10-,26-22?. The molecule has 1 amide bonds. The van der Waals surface area contributed by atoms with Crippen molar-refractivity contribution < 1.29 is 14.3 Å². The molecule has 0 atom stereocenters. The number of fused-ring (bicyclic) bond motifs is 1. The highest BCUT2D eigenvalue weighted by molar-refractivity contribution is 8.26. The monoisotopic (exact) mass is 499 g/mol. The highest BCUT2D eigenvalue weighted by Crippen LogP contribution is 2.37. The number of hydrogen-bond acceptors (Lipinski definition) is 6. The van der Waals surface area contributed by atoms with Crippen LogP contribution in [0.3, 0.4) is 0 Å². The van der Waals surface area contributed by atoms with Gasteiger partial charge in [0.15, 0.2) is 5.84 Å². The van der Waals surface area contributed by atoms with Crippen molar-refractivity contribution in [1.29, 1.82) is 5.41 Å². The molecule has 0 aliphatic carbocycles. The van der Waals surface area contributed by atoms with Crippen LogP contribution in [0.2, 0.25) is 5.02 Å². The third-order valence-electron chi connectivity index (χ3n) is 5.70. The number of thioether (sulfide) groups is 1. The minimum atomic E-state index is -0.439. The number of aromatic nitrogens is 1. The van der Waals surface area contributed by atoms with E-state index in [2.05, 4.69) is 17.0 Å². The second-order valence-electron chi connectivity index (χ2n) is 7.94. The lowest BCUT2D eigenvalue weighted by Crippen LogP contribution is -2.35. The van der Waals surface area contributed by atoms with Gasteiger partial charge in [-0.05, 0) is 62.2 Å². The molecule has 1 aromatic heterocycles. The maximum absolute atomic E-state index is 12.8. The van der Waals surface area contributed by atoms with Crippen LogP contribution >= 0.6 is 23.4 Å². The first-order chi connectivity index (χ1) is 16.3. The Bertz CT molecular complexity index is 1280. The first kappa shape index (κ1) is 24.1. The molecular weight excluding hydrogens is 474 g/mol. The minimum Gasteiger partial charge on any atom is -0.495 e. The summed E-state index contributed by atoms with van der Waals surface area (Å²) in [6, 6.07) is 5.48. The fourth-order valence-corrected chi connectivity index (χ4v) is 5.10. The van der Waals surface area contributed by atoms with E-state index in [9.17, 15) is 4.79 Å². The summed E-state index contributed by atoms with van der Waals surface area (Å²) < 4.78 is 12.9. The third-order valence-corrected chi connectivity index (χ3v) is 6.97. The van der Waals surface area contributed by atoms with Gasteiger partial charge in [-0.1, -0.05) is 24.9 Å². The Balaban J connectivity index is 1.73. The van der Waals surface area contributed by atoms with Crippen molar-refractivity contribution in [1.82, 2.24) is 9.58 Å². The molecule has 34 heavy (non-hydrogen) atoms. The number of hydrazone groups is 1. The number of ether oxygens (including phenoxy) is 2. The number of carbonyl (C=O) groups is 1. The molecule has 0 saturated carbocycles. The Morgan fingerprint density at radius 2 is 1.91 bits per heavy atom. The van der Waals surface area contributed by atoms with Crippen LogP contribution in [-0.2, 0) is 4.79 Å². The van der Waals surface area contributed by atoms with Crippen LogP contribution in [0.15, 0.2) is 33.9 Å². The fraction of sp³-hybridized carbons (Fsp3) is 0.333. The lowest BCUT2D eigenvalue weighted by molar-refractivity contribution is -0.114. The van der Waals surface area contributed by atoms with Crippen molar-refractivity contribution in [3.63, 3.8) is 0 Å². The van der Waals surface area contributed by atoms with Gasteiger partial charge in [-0.2, -0.15) is 15.1 Å². The van der Waals surface area contributed by atoms with E-state index in [-0.39, 0.29) is 11.4 Å². The molecule has 0 bridgehead atoms. The molecule has 0 fully saturated rings. The van der Waals surface area contributed by atoms with Crippen molar-refractivity contribution >= 4 is 51.4 Å². The first-order valence-electron chi connectivity index (χ1n) is 10.9. The average Bonchev–Trinajstić information content (AvgIpc) is 3.34. The van der Waals surface area contributed by atoms with E-state index >= 15 is 0 Å². The molecule has 1 aromatic carbocycles. The second-order valence-corrected chi connectivity index (χ2v) is 9.39. The molecule has 8 nitrogen and oxygen atoms in total. The summed E-state index contributed by atoms with van der Waals surface area (Å²) in [6.45, 7) is 6.01. The number of aryl methyl sites for hydroxylation is 1. The van der Waals surface area contributed by atoms with Gasteiger partial charge in [0.05, 0.1) is 30.5 Å². The summed E-state index contributed by atoms with van der Waals surface area (Å²) in [6.07, 6.45) is 4.56. The second kappa shape index (κ2) is 9.68. The molecular formula is C24H26ClN5O3S. The Morgan fingerprint density at radius 1 is 1.18 bits per heavy atom. The molecule has 10 heteroatoms. The third kappa shape index (κ3) is 4.25. The van der Waals surface area contributed by atoms with Gasteiger partial charge in [0.25, 0.3) is 5.91 Å². The van der Waals surface area contributed by atoms with Crippen molar-refractivity contribution in [2.45, 2.75) is 40.0 Å². The van der Waals surface area contributed by atoms with Gasteiger partial charge in [0, 0.05) is 17.5 Å². The molecule has 2 aromatic rings. The maximum atomic E-state index is 12.8. The van der Waals surface area contributed by atoms with Gasteiger partial charge in [-0.3, -0.25) is 10.2 Å². The summed E-state index contributed by atoms with van der Waals surface area (Å²) in [4.78, 5) is 17.0. The van der Waals surface area contributed by atoms with Crippen molar-refractivity contribution in [3.05, 3.63) is 45.7 Å². The van der Waals surface area contributed by atoms with Crippen LogP contribution in [-0.4, -0.2) is 45.7 Å². The van der Waals surface area contributed by atoms with Crippen molar-refractivity contribution in [3.8, 4) is 17.2 Å². The number of nitrogens with zero attached hydrogens (tertiary/aromatic N) is 4. The van der Waals surface area contributed by atoms with Gasteiger partial charge in [0.2, 0.25) is 5.17 Å². The molecule has 1 N–H and O–H groups in total. The Morgan fingerprint density at radius 3 is 2.59 bits per heavy atom. The maximum Gasteiger partial charge on any atom is 0.283 e. The van der Waals surface area contributed by atoms with Crippen LogP contribution in [0.1, 0.15) is 43.1 Å². The van der Waals surface area contributed by atoms with E-state index in [1.165, 1.54) is 16.8 Å². The normalized spacial score (nSPS) is 16.6. The summed E-state index contributed by atoms with van der Waals surface area (Å²) in [5.74, 6) is 0.708. The van der Waals surface area contributed by atoms with E-state index in [1.54, 1.807) is 32.4 Å². The molecule has 0 spiro atoms. The number of rotatable bonds is 7. The van der Waals surface area contributed by atoms with Gasteiger partial charge in [-0.15, -0.1) is 0 Å². The van der Waals surface area contributed by atoms with Gasteiger partial charge < -0.3 is 14.0 Å². The number of methoxy groups -OCH3 is 2. The molecule has 3 heterocycles. The van der Waals surface area contributed by atoms with Gasteiger partial charge in [0.1, 0.15) is 16.5 Å². The number of carbonyl (C=O) groups excluding carboxylic acids is 1. The van der Waals surface area contributed by atoms with Gasteiger partial charge in [-0.25, -0.2) is 0 Å². The summed E-state index contributed by atoms with van der Waals surface area (Å²) in [5.41, 5.74) is 3.52. The largest absolute Gasteiger partial charge is 0.495 e. The van der Waals surface area contributed by atoms with E-state index in [4.69, 9.17) is 26.5 Å². The Hall–Kier alpha value is -3.04. The van der Waals surface area contributed by atoms with Crippen LogP contribution < -0.4 is 9.47 Å². The van der Waals surface area contributed by atoms with E-state index in [1.807, 2.05) is 24.5 Å². The van der Waals surface area contributed by atoms with Crippen molar-refractivity contribution in [2.75, 3.05) is 14.2 Å². The smallest absolute Gasteiger partial charge is 0.283 e. The SMILES string of the molecule is CCCCC1=NN2C(=N)/C(=C/c3cc(C)n(-c4cc(Cl)c(OC)cc4OC)c3C)C(=O)N=C2S1. The predicted octanol–water partition coefficient (Wildman–Crippen LogP) is 5.57. The quantitative estimate of drug-likeness (QED) is 0.502. The van der Waals surface area contributed by atoms with Crippen LogP contribution in [0, 0.1) is 19.3 Å². The highest BCUT2D eigenvalue weighted by atomic mass is 35.5. The molecule has 0 unspecified atom stereocenters. The summed E-state index contributed by atoms with van der Waals surface area (Å²) in [7, 11) is 3.14. The Kier molecular flexibility index (Phi) is 6.86. The number of halogens is 1. The molecule has 0 radical (unpaired) electrons. The highest BCUT2D eigenvalue weighted by Gasteiger charge is 2.35. The number of benzene rings is 1. The number of nitrogens with one attached hydrogen (secondary N) is 1. The number of unbranched alkanes of at least 4 members (excludes halogenated alkanes) is 1. The number of amidine groups is 2. The molecule has 178 valence electrons. The lowest BCUT2D eigenvalue weighted by Gasteiger charge is -2.20. The number of hydrogen-bond donors (Lipinski definition) is 1. The van der Waals surface area contributed by atoms with Crippen LogP contribution in [0.4, 0.5) is 0 Å². The lowest BCUT2D eigenvalue weighted by atomic mass is 10.1. The van der Waals surface area contributed by atoms with Crippen LogP contribution in [0.25, 0.3) is 11.8 Å². The van der Waals surface area contributed by atoms with Gasteiger partial charge >= 0.3 is 0 Å². The summed E-state index contributed by atoms with van der Waals surface area (Å²) >= 11 is 7.76. The zero-order valence-electron chi connectivity index (χ0n) is 19.7. The summed E-state index contributed by atoms with van der Waals surface area (Å²) in [5, 5.41) is 16.4. The van der Waals surface area contributed by atoms with E-state index < -0.39 is 5.91 Å². The number of amides is 1. The molecule has 2 aliphatic heterocycles. The zero-order valence-corrected chi connectivity index (χ0v) is 21.3. The zero-order chi connectivity index (χ0) is 24.6. The topological polar surface area (TPSA) is 92.3 Å². The average molecular weight is 500 g/mol. The van der Waals surface area contributed by atoms with E-state index in [0.717, 1.165) is 46.9 Å². The fourth-order valence-electron chi connectivity index (χ4n) is 3.94. The first-order valence-corrected chi connectivity index (χ1v) is 12.1.